The molecule has 0 amide bonds. The summed E-state index contributed by atoms with van der Waals surface area (Å²) in [5.74, 6) is -0.479. The van der Waals surface area contributed by atoms with Crippen molar-refractivity contribution in [3.63, 3.8) is 0 Å². The van der Waals surface area contributed by atoms with Crippen LogP contribution in [0.5, 0.6) is 0 Å². The Hall–Kier alpha value is -3.94. The number of nitrogens with zero attached hydrogens (tertiary/aromatic N) is 2. The summed E-state index contributed by atoms with van der Waals surface area (Å²) in [6, 6.07) is 26.8. The highest BCUT2D eigenvalue weighted by Crippen LogP contribution is 2.35. The van der Waals surface area contributed by atoms with Crippen molar-refractivity contribution < 1.29 is 9.53 Å². The van der Waals surface area contributed by atoms with Crippen LogP contribution < -0.4 is 14.9 Å². The van der Waals surface area contributed by atoms with Crippen molar-refractivity contribution in [3.05, 3.63) is 133 Å². The second kappa shape index (κ2) is 11.6. The highest BCUT2D eigenvalue weighted by atomic mass is 32.2. The molecule has 2 heterocycles. The number of fused-ring (bicyclic) bond motifs is 1. The lowest BCUT2D eigenvalue weighted by Crippen LogP contribution is -2.39. The van der Waals surface area contributed by atoms with Crippen LogP contribution in [0.1, 0.15) is 29.7 Å². The maximum atomic E-state index is 13.8. The van der Waals surface area contributed by atoms with Crippen molar-refractivity contribution in [2.75, 3.05) is 12.9 Å². The van der Waals surface area contributed by atoms with Crippen LogP contribution in [0, 0.1) is 0 Å². The van der Waals surface area contributed by atoms with Gasteiger partial charge < -0.3 is 4.74 Å². The lowest BCUT2D eigenvalue weighted by atomic mass is 9.93. The minimum absolute atomic E-state index is 0.195. The average molecular weight is 539 g/mol. The van der Waals surface area contributed by atoms with Gasteiger partial charge in [-0.05, 0) is 42.5 Å². The molecule has 1 atom stereocenters. The Morgan fingerprint density at radius 1 is 1.03 bits per heavy atom. The SMILES string of the molecule is CCOC(=O)C1=C(c2ccccc2)N=c2s/c(=C/C=C/c3ccccc3)c(=O)n2[C@H]1c1ccc(SC)cc1. The smallest absolute Gasteiger partial charge is 0.338 e. The first-order chi connectivity index (χ1) is 18.6. The number of aromatic nitrogens is 1. The van der Waals surface area contributed by atoms with E-state index in [1.165, 1.54) is 11.3 Å². The van der Waals surface area contributed by atoms with E-state index in [2.05, 4.69) is 0 Å². The van der Waals surface area contributed by atoms with Crippen molar-refractivity contribution >= 4 is 46.9 Å². The fourth-order valence-electron chi connectivity index (χ4n) is 4.37. The average Bonchev–Trinajstić information content (AvgIpc) is 3.28. The molecule has 0 unspecified atom stereocenters. The van der Waals surface area contributed by atoms with Crippen molar-refractivity contribution in [2.24, 2.45) is 4.99 Å². The Balaban J connectivity index is 1.74. The highest BCUT2D eigenvalue weighted by molar-refractivity contribution is 7.98. The zero-order valence-corrected chi connectivity index (χ0v) is 22.7. The first kappa shape index (κ1) is 25.7. The van der Waals surface area contributed by atoms with Gasteiger partial charge in [-0.25, -0.2) is 9.79 Å². The van der Waals surface area contributed by atoms with Crippen LogP contribution in [0.2, 0.25) is 0 Å². The molecular weight excluding hydrogens is 512 g/mol. The lowest BCUT2D eigenvalue weighted by Gasteiger charge is -2.26. The van der Waals surface area contributed by atoms with Gasteiger partial charge in [-0.1, -0.05) is 96.3 Å². The third kappa shape index (κ3) is 5.21. The van der Waals surface area contributed by atoms with Crippen LogP contribution >= 0.6 is 23.1 Å². The van der Waals surface area contributed by atoms with Gasteiger partial charge >= 0.3 is 5.97 Å². The zero-order valence-electron chi connectivity index (χ0n) is 21.0. The van der Waals surface area contributed by atoms with Crippen LogP contribution in [0.25, 0.3) is 17.8 Å². The topological polar surface area (TPSA) is 60.7 Å². The van der Waals surface area contributed by atoms with Crippen molar-refractivity contribution in [2.45, 2.75) is 17.9 Å². The van der Waals surface area contributed by atoms with Gasteiger partial charge in [0.2, 0.25) is 0 Å². The summed E-state index contributed by atoms with van der Waals surface area (Å²) in [6.07, 6.45) is 7.64. The van der Waals surface area contributed by atoms with E-state index in [4.69, 9.17) is 9.73 Å². The Morgan fingerprint density at radius 3 is 2.37 bits per heavy atom. The van der Waals surface area contributed by atoms with E-state index in [-0.39, 0.29) is 12.2 Å². The van der Waals surface area contributed by atoms with Gasteiger partial charge in [0.1, 0.15) is 0 Å². The molecule has 0 bridgehead atoms. The molecule has 0 fully saturated rings. The van der Waals surface area contributed by atoms with Gasteiger partial charge in [0, 0.05) is 10.5 Å². The van der Waals surface area contributed by atoms with E-state index in [0.29, 0.717) is 20.6 Å². The molecule has 3 aromatic carbocycles. The molecule has 0 radical (unpaired) electrons. The largest absolute Gasteiger partial charge is 0.463 e. The predicted octanol–water partition coefficient (Wildman–Crippen LogP) is 5.32. The first-order valence-corrected chi connectivity index (χ1v) is 14.3. The molecule has 7 heteroatoms. The molecule has 5 rings (SSSR count). The van der Waals surface area contributed by atoms with E-state index in [1.807, 2.05) is 103 Å². The summed E-state index contributed by atoms with van der Waals surface area (Å²) >= 11 is 2.95. The minimum atomic E-state index is -0.670. The van der Waals surface area contributed by atoms with Gasteiger partial charge in [-0.15, -0.1) is 11.8 Å². The number of hydrogen-bond donors (Lipinski definition) is 0. The van der Waals surface area contributed by atoms with E-state index in [0.717, 1.165) is 21.6 Å². The molecule has 0 aliphatic carbocycles. The quantitative estimate of drug-likeness (QED) is 0.236. The fraction of sp³-hybridized carbons (Fsp3) is 0.129. The van der Waals surface area contributed by atoms with E-state index >= 15 is 0 Å². The number of esters is 1. The summed E-state index contributed by atoms with van der Waals surface area (Å²) < 4.78 is 7.68. The molecule has 1 aliphatic heterocycles. The Labute approximate surface area is 229 Å². The second-order valence-electron chi connectivity index (χ2n) is 8.50. The molecule has 0 spiro atoms. The zero-order chi connectivity index (χ0) is 26.5. The third-order valence-corrected chi connectivity index (χ3v) is 7.89. The number of ether oxygens (including phenoxy) is 1. The molecule has 190 valence electrons. The van der Waals surface area contributed by atoms with E-state index in [9.17, 15) is 9.59 Å². The van der Waals surface area contributed by atoms with Gasteiger partial charge in [-0.3, -0.25) is 9.36 Å². The standard InChI is InChI=1S/C31H26N2O3S2/c1-3-36-30(35)26-27(22-14-8-5-9-15-22)32-31-33(28(26)23-17-19-24(37-2)20-18-23)29(34)25(38-31)16-10-13-21-11-6-4-7-12-21/h4-20,28H,3H2,1-2H3/b13-10+,25-16+/t28-/m0/s1. The number of carbonyl (C=O) groups excluding carboxylic acids is 1. The predicted molar refractivity (Wildman–Crippen MR) is 156 cm³/mol. The summed E-state index contributed by atoms with van der Waals surface area (Å²) in [4.78, 5) is 33.8. The molecule has 5 nitrogen and oxygen atoms in total. The summed E-state index contributed by atoms with van der Waals surface area (Å²) in [6.45, 7) is 1.99. The van der Waals surface area contributed by atoms with Crippen LogP contribution in [0.15, 0.2) is 111 Å². The maximum absolute atomic E-state index is 13.8. The monoisotopic (exact) mass is 538 g/mol. The van der Waals surface area contributed by atoms with Crippen molar-refractivity contribution in [1.29, 1.82) is 0 Å². The van der Waals surface area contributed by atoms with Crippen LogP contribution in [0.4, 0.5) is 0 Å². The highest BCUT2D eigenvalue weighted by Gasteiger charge is 2.35. The Kier molecular flexibility index (Phi) is 7.86. The molecule has 0 saturated heterocycles. The second-order valence-corrected chi connectivity index (χ2v) is 10.4. The first-order valence-electron chi connectivity index (χ1n) is 12.2. The number of carbonyl (C=O) groups is 1. The fourth-order valence-corrected chi connectivity index (χ4v) is 5.73. The normalized spacial score (nSPS) is 15.4. The van der Waals surface area contributed by atoms with Crippen LogP contribution in [-0.4, -0.2) is 23.4 Å². The number of hydrogen-bond acceptors (Lipinski definition) is 6. The summed E-state index contributed by atoms with van der Waals surface area (Å²) in [5.41, 5.74) is 3.34. The molecule has 0 N–H and O–H groups in total. The number of thioether (sulfide) groups is 1. The molecular formula is C31H26N2O3S2. The van der Waals surface area contributed by atoms with Crippen molar-refractivity contribution in [3.8, 4) is 0 Å². The van der Waals surface area contributed by atoms with E-state index < -0.39 is 12.0 Å². The molecule has 1 aliphatic rings. The van der Waals surface area contributed by atoms with Gasteiger partial charge in [0.15, 0.2) is 4.80 Å². The number of benzene rings is 3. The summed E-state index contributed by atoms with van der Waals surface area (Å²) in [5, 5.41) is 0. The van der Waals surface area contributed by atoms with Gasteiger partial charge in [0.05, 0.1) is 28.5 Å². The van der Waals surface area contributed by atoms with E-state index in [1.54, 1.807) is 29.3 Å². The number of allylic oxidation sites excluding steroid dienone is 1. The molecule has 1 aromatic heterocycles. The summed E-state index contributed by atoms with van der Waals surface area (Å²) in [7, 11) is 0. The van der Waals surface area contributed by atoms with Crippen LogP contribution in [-0.2, 0) is 9.53 Å². The lowest BCUT2D eigenvalue weighted by molar-refractivity contribution is -0.138. The number of rotatable bonds is 7. The van der Waals surface area contributed by atoms with Crippen LogP contribution in [0.3, 0.4) is 0 Å². The molecule has 38 heavy (non-hydrogen) atoms. The van der Waals surface area contributed by atoms with Crippen molar-refractivity contribution in [1.82, 2.24) is 4.57 Å². The molecule has 0 saturated carbocycles. The van der Waals surface area contributed by atoms with Gasteiger partial charge in [-0.2, -0.15) is 0 Å². The van der Waals surface area contributed by atoms with Gasteiger partial charge in [0.25, 0.3) is 5.56 Å². The molecule has 4 aromatic rings. The third-order valence-electron chi connectivity index (χ3n) is 6.14. The number of thiazole rings is 1. The Morgan fingerprint density at radius 2 is 1.71 bits per heavy atom. The maximum Gasteiger partial charge on any atom is 0.338 e. The minimum Gasteiger partial charge on any atom is -0.463 e. The Bertz CT molecular complexity index is 1680.